The zero-order valence-corrected chi connectivity index (χ0v) is 12.9. The molecule has 1 heterocycles. The van der Waals surface area contributed by atoms with Gasteiger partial charge in [-0.3, -0.25) is 0 Å². The molecule has 1 unspecified atom stereocenters. The molecule has 2 aromatic carbocycles. The zero-order valence-electron chi connectivity index (χ0n) is 12.9. The van der Waals surface area contributed by atoms with E-state index in [-0.39, 0.29) is 6.04 Å². The lowest BCUT2D eigenvalue weighted by Gasteiger charge is -2.22. The van der Waals surface area contributed by atoms with Crippen LogP contribution in [0.2, 0.25) is 0 Å². The Hall–Kier alpha value is -1.80. The molecule has 1 aliphatic heterocycles. The number of benzene rings is 2. The first-order valence-electron chi connectivity index (χ1n) is 7.90. The Morgan fingerprint density at radius 3 is 2.81 bits per heavy atom. The average molecular weight is 281 g/mol. The third-order valence-corrected chi connectivity index (χ3v) is 4.20. The number of fused-ring (bicyclic) bond motifs is 1. The molecule has 1 aliphatic rings. The second kappa shape index (κ2) is 6.31. The summed E-state index contributed by atoms with van der Waals surface area (Å²) in [5.74, 6) is 1.05. The van der Waals surface area contributed by atoms with E-state index in [0.717, 1.165) is 31.7 Å². The van der Waals surface area contributed by atoms with Crippen molar-refractivity contribution in [3.8, 4) is 5.75 Å². The minimum Gasteiger partial charge on any atom is -0.493 e. The third kappa shape index (κ3) is 2.81. The van der Waals surface area contributed by atoms with Gasteiger partial charge in [-0.25, -0.2) is 0 Å². The Morgan fingerprint density at radius 1 is 1.14 bits per heavy atom. The molecule has 0 bridgehead atoms. The van der Waals surface area contributed by atoms with Crippen molar-refractivity contribution in [2.75, 3.05) is 13.2 Å². The molecular weight excluding hydrogens is 258 g/mol. The van der Waals surface area contributed by atoms with Crippen LogP contribution in [-0.4, -0.2) is 13.2 Å². The molecule has 21 heavy (non-hydrogen) atoms. The highest BCUT2D eigenvalue weighted by Gasteiger charge is 2.19. The van der Waals surface area contributed by atoms with E-state index < -0.39 is 0 Å². The summed E-state index contributed by atoms with van der Waals surface area (Å²) >= 11 is 0. The fourth-order valence-corrected chi connectivity index (χ4v) is 3.14. The number of hydrogen-bond acceptors (Lipinski definition) is 2. The van der Waals surface area contributed by atoms with Crippen molar-refractivity contribution >= 4 is 0 Å². The Balaban J connectivity index is 2.01. The van der Waals surface area contributed by atoms with Gasteiger partial charge in [0.1, 0.15) is 5.75 Å². The van der Waals surface area contributed by atoms with Crippen molar-refractivity contribution in [2.24, 2.45) is 0 Å². The maximum atomic E-state index is 5.62. The zero-order chi connectivity index (χ0) is 14.7. The smallest absolute Gasteiger partial charge is 0.122 e. The second-order valence-electron chi connectivity index (χ2n) is 5.51. The molecule has 0 amide bonds. The average Bonchev–Trinajstić information content (AvgIpc) is 3.00. The molecule has 2 nitrogen and oxygen atoms in total. The molecule has 0 aliphatic carbocycles. The highest BCUT2D eigenvalue weighted by Crippen LogP contribution is 2.31. The molecule has 0 spiro atoms. The fourth-order valence-electron chi connectivity index (χ4n) is 3.14. The molecule has 0 radical (unpaired) electrons. The van der Waals surface area contributed by atoms with Crippen molar-refractivity contribution in [1.82, 2.24) is 5.32 Å². The summed E-state index contributed by atoms with van der Waals surface area (Å²) in [5, 5.41) is 3.64. The first-order valence-corrected chi connectivity index (χ1v) is 7.90. The third-order valence-electron chi connectivity index (χ3n) is 4.20. The molecule has 1 N–H and O–H groups in total. The van der Waals surface area contributed by atoms with E-state index in [1.807, 2.05) is 0 Å². The van der Waals surface area contributed by atoms with E-state index in [2.05, 4.69) is 61.6 Å². The standard InChI is InChI=1S/C19H23NO/c1-3-14-7-5-6-8-17(14)19(20-4-2)16-9-10-18-15(13-16)11-12-21-18/h5-10,13,19-20H,3-4,11-12H2,1-2H3. The van der Waals surface area contributed by atoms with Gasteiger partial charge < -0.3 is 10.1 Å². The largest absolute Gasteiger partial charge is 0.493 e. The van der Waals surface area contributed by atoms with Gasteiger partial charge in [0.25, 0.3) is 0 Å². The molecule has 3 rings (SSSR count). The first kappa shape index (κ1) is 14.2. The van der Waals surface area contributed by atoms with Crippen LogP contribution >= 0.6 is 0 Å². The number of aryl methyl sites for hydroxylation is 1. The van der Waals surface area contributed by atoms with Gasteiger partial charge in [0.15, 0.2) is 0 Å². The van der Waals surface area contributed by atoms with E-state index in [1.165, 1.54) is 22.3 Å². The van der Waals surface area contributed by atoms with Gasteiger partial charge in [0.05, 0.1) is 12.6 Å². The first-order chi connectivity index (χ1) is 10.3. The minimum absolute atomic E-state index is 0.261. The van der Waals surface area contributed by atoms with E-state index in [1.54, 1.807) is 0 Å². The second-order valence-corrected chi connectivity index (χ2v) is 5.51. The van der Waals surface area contributed by atoms with Crippen LogP contribution < -0.4 is 10.1 Å². The molecular formula is C19H23NO. The van der Waals surface area contributed by atoms with Crippen LogP contribution in [0.5, 0.6) is 5.75 Å². The molecule has 110 valence electrons. The van der Waals surface area contributed by atoms with Crippen LogP contribution in [-0.2, 0) is 12.8 Å². The monoisotopic (exact) mass is 281 g/mol. The van der Waals surface area contributed by atoms with Crippen molar-refractivity contribution < 1.29 is 4.74 Å². The molecule has 2 heteroatoms. The van der Waals surface area contributed by atoms with Crippen LogP contribution in [0.1, 0.15) is 42.1 Å². The molecule has 1 atom stereocenters. The summed E-state index contributed by atoms with van der Waals surface area (Å²) in [7, 11) is 0. The highest BCUT2D eigenvalue weighted by molar-refractivity contribution is 5.44. The number of ether oxygens (including phenoxy) is 1. The van der Waals surface area contributed by atoms with Gasteiger partial charge >= 0.3 is 0 Å². The number of hydrogen-bond donors (Lipinski definition) is 1. The predicted molar refractivity (Wildman–Crippen MR) is 87.0 cm³/mol. The summed E-state index contributed by atoms with van der Waals surface area (Å²) in [6.07, 6.45) is 2.09. The number of rotatable bonds is 5. The Labute approximate surface area is 127 Å². The normalized spacial score (nSPS) is 14.6. The van der Waals surface area contributed by atoms with Crippen LogP contribution in [0.4, 0.5) is 0 Å². The van der Waals surface area contributed by atoms with E-state index >= 15 is 0 Å². The maximum absolute atomic E-state index is 5.62. The molecule has 0 saturated carbocycles. The molecule has 0 aromatic heterocycles. The summed E-state index contributed by atoms with van der Waals surface area (Å²) in [6.45, 7) is 6.16. The lowest BCUT2D eigenvalue weighted by molar-refractivity contribution is 0.357. The fraction of sp³-hybridized carbons (Fsp3) is 0.368. The molecule has 0 fully saturated rings. The summed E-state index contributed by atoms with van der Waals surface area (Å²) in [4.78, 5) is 0. The Morgan fingerprint density at radius 2 is 2.00 bits per heavy atom. The summed E-state index contributed by atoms with van der Waals surface area (Å²) < 4.78 is 5.62. The van der Waals surface area contributed by atoms with Crippen molar-refractivity contribution in [3.63, 3.8) is 0 Å². The Bertz CT molecular complexity index is 621. The molecule has 2 aromatic rings. The van der Waals surface area contributed by atoms with Gasteiger partial charge in [-0.2, -0.15) is 0 Å². The van der Waals surface area contributed by atoms with Gasteiger partial charge in [-0.1, -0.05) is 50.2 Å². The van der Waals surface area contributed by atoms with Crippen LogP contribution in [0.25, 0.3) is 0 Å². The van der Waals surface area contributed by atoms with Crippen molar-refractivity contribution in [1.29, 1.82) is 0 Å². The topological polar surface area (TPSA) is 21.3 Å². The SMILES string of the molecule is CCNC(c1ccc2c(c1)CCO2)c1ccccc1CC. The van der Waals surface area contributed by atoms with Crippen LogP contribution in [0.3, 0.4) is 0 Å². The van der Waals surface area contributed by atoms with Gasteiger partial charge in [0.2, 0.25) is 0 Å². The summed E-state index contributed by atoms with van der Waals surface area (Å²) in [6, 6.07) is 15.6. The van der Waals surface area contributed by atoms with Gasteiger partial charge in [0, 0.05) is 6.42 Å². The predicted octanol–water partition coefficient (Wildman–Crippen LogP) is 3.88. The quantitative estimate of drug-likeness (QED) is 0.898. The highest BCUT2D eigenvalue weighted by atomic mass is 16.5. The maximum Gasteiger partial charge on any atom is 0.122 e. The lowest BCUT2D eigenvalue weighted by Crippen LogP contribution is -2.23. The molecule has 0 saturated heterocycles. The van der Waals surface area contributed by atoms with Crippen molar-refractivity contribution in [2.45, 2.75) is 32.7 Å². The number of nitrogens with one attached hydrogen (secondary N) is 1. The van der Waals surface area contributed by atoms with E-state index in [0.29, 0.717) is 0 Å². The lowest BCUT2D eigenvalue weighted by atomic mass is 9.92. The van der Waals surface area contributed by atoms with Crippen molar-refractivity contribution in [3.05, 3.63) is 64.7 Å². The van der Waals surface area contributed by atoms with E-state index in [4.69, 9.17) is 4.74 Å². The van der Waals surface area contributed by atoms with Crippen LogP contribution in [0, 0.1) is 0 Å². The van der Waals surface area contributed by atoms with Gasteiger partial charge in [-0.15, -0.1) is 0 Å². The van der Waals surface area contributed by atoms with Crippen LogP contribution in [0.15, 0.2) is 42.5 Å². The van der Waals surface area contributed by atoms with Gasteiger partial charge in [-0.05, 0) is 41.3 Å². The summed E-state index contributed by atoms with van der Waals surface area (Å²) in [5.41, 5.74) is 5.48. The van der Waals surface area contributed by atoms with E-state index in [9.17, 15) is 0 Å². The minimum atomic E-state index is 0.261. The Kier molecular flexibility index (Phi) is 4.26.